The molecular formula is C23H25ClF3N5O2S. The van der Waals surface area contributed by atoms with E-state index in [1.807, 2.05) is 13.0 Å². The molecule has 0 spiro atoms. The molecule has 0 bridgehead atoms. The van der Waals surface area contributed by atoms with E-state index in [0.29, 0.717) is 16.9 Å². The maximum absolute atomic E-state index is 13.1. The number of nitrogens with zero attached hydrogens (tertiary/aromatic N) is 3. The summed E-state index contributed by atoms with van der Waals surface area (Å²) >= 11 is 1.51. The quantitative estimate of drug-likeness (QED) is 0.470. The monoisotopic (exact) mass is 527 g/mol. The number of nitrogens with one attached hydrogen (secondary N) is 2. The smallest absolute Gasteiger partial charge is 0.451 e. The number of carbonyl (C=O) groups is 1. The molecule has 1 saturated heterocycles. The van der Waals surface area contributed by atoms with Gasteiger partial charge in [-0.05, 0) is 58.0 Å². The first-order chi connectivity index (χ1) is 16.2. The summed E-state index contributed by atoms with van der Waals surface area (Å²) in [7, 11) is 0. The molecule has 1 amide bonds. The van der Waals surface area contributed by atoms with Crippen LogP contribution in [0.1, 0.15) is 52.4 Å². The van der Waals surface area contributed by atoms with Crippen LogP contribution in [0, 0.1) is 6.92 Å². The largest absolute Gasteiger partial charge is 0.490 e. The zero-order chi connectivity index (χ0) is 24.3. The van der Waals surface area contributed by atoms with Crippen LogP contribution in [0.2, 0.25) is 0 Å². The second-order valence-corrected chi connectivity index (χ2v) is 9.36. The molecule has 3 heterocycles. The molecule has 1 aliphatic heterocycles. The van der Waals surface area contributed by atoms with Crippen molar-refractivity contribution >= 4 is 29.7 Å². The van der Waals surface area contributed by atoms with Crippen molar-refractivity contribution in [2.24, 2.45) is 0 Å². The number of alkyl halides is 3. The van der Waals surface area contributed by atoms with Crippen molar-refractivity contribution in [3.8, 4) is 16.3 Å². The van der Waals surface area contributed by atoms with Crippen molar-refractivity contribution in [2.45, 2.75) is 45.0 Å². The number of amides is 1. The lowest BCUT2D eigenvalue weighted by Crippen LogP contribution is -2.34. The zero-order valence-corrected chi connectivity index (χ0v) is 20.7. The predicted molar refractivity (Wildman–Crippen MR) is 129 cm³/mol. The van der Waals surface area contributed by atoms with Gasteiger partial charge in [0.15, 0.2) is 0 Å². The zero-order valence-electron chi connectivity index (χ0n) is 19.1. The lowest BCUT2D eigenvalue weighted by Gasteiger charge is -2.24. The van der Waals surface area contributed by atoms with Crippen molar-refractivity contribution in [3.63, 3.8) is 0 Å². The number of ether oxygens (including phenoxy) is 1. The highest BCUT2D eigenvalue weighted by Crippen LogP contribution is 2.31. The van der Waals surface area contributed by atoms with Crippen molar-refractivity contribution in [1.82, 2.24) is 25.6 Å². The standard InChI is InChI=1S/C23H24F3N5O2S.ClH/c1-13-10-28-21(34-13)16-7-15(8-19(9-16)33-18-3-5-27-6-4-18)20(32)31-14(2)17-11-29-22(30-12-17)23(24,25)26;/h7-12,14,18,27H,3-6H2,1-2H3,(H,31,32);1H. The molecule has 4 rings (SSSR count). The Labute approximate surface area is 211 Å². The van der Waals surface area contributed by atoms with Crippen LogP contribution in [-0.4, -0.2) is 40.1 Å². The Kier molecular flexibility index (Phi) is 8.68. The molecule has 3 aromatic rings. The third-order valence-corrected chi connectivity index (χ3v) is 6.36. The lowest BCUT2D eigenvalue weighted by atomic mass is 10.1. The molecule has 1 unspecified atom stereocenters. The average Bonchev–Trinajstić information content (AvgIpc) is 3.25. The summed E-state index contributed by atoms with van der Waals surface area (Å²) < 4.78 is 44.3. The fourth-order valence-electron chi connectivity index (χ4n) is 3.59. The molecule has 0 aliphatic carbocycles. The van der Waals surface area contributed by atoms with Crippen LogP contribution in [0.5, 0.6) is 5.75 Å². The van der Waals surface area contributed by atoms with Gasteiger partial charge in [-0.25, -0.2) is 15.0 Å². The van der Waals surface area contributed by atoms with Crippen molar-refractivity contribution < 1.29 is 22.7 Å². The van der Waals surface area contributed by atoms with E-state index in [2.05, 4.69) is 25.6 Å². The van der Waals surface area contributed by atoms with Crippen LogP contribution in [-0.2, 0) is 6.18 Å². The van der Waals surface area contributed by atoms with Gasteiger partial charge in [0.2, 0.25) is 5.82 Å². The molecule has 1 atom stereocenters. The Bertz CT molecular complexity index is 1150. The molecule has 0 radical (unpaired) electrons. The second kappa shape index (κ2) is 11.3. The number of thiazole rings is 1. The molecule has 1 aromatic carbocycles. The molecule has 2 N–H and O–H groups in total. The van der Waals surface area contributed by atoms with Gasteiger partial charge in [0, 0.05) is 40.2 Å². The number of aryl methyl sites for hydroxylation is 1. The van der Waals surface area contributed by atoms with Gasteiger partial charge in [-0.3, -0.25) is 4.79 Å². The Hall–Kier alpha value is -2.76. The Morgan fingerprint density at radius 1 is 1.14 bits per heavy atom. The highest BCUT2D eigenvalue weighted by molar-refractivity contribution is 7.14. The van der Waals surface area contributed by atoms with E-state index in [0.717, 1.165) is 53.8 Å². The highest BCUT2D eigenvalue weighted by atomic mass is 35.5. The number of benzene rings is 1. The number of hydrogen-bond donors (Lipinski definition) is 2. The minimum atomic E-state index is -4.62. The molecule has 7 nitrogen and oxygen atoms in total. The molecule has 12 heteroatoms. The fourth-order valence-corrected chi connectivity index (χ4v) is 4.34. The van der Waals surface area contributed by atoms with Gasteiger partial charge in [-0.15, -0.1) is 23.7 Å². The van der Waals surface area contributed by atoms with Crippen LogP contribution in [0.15, 0.2) is 36.8 Å². The maximum atomic E-state index is 13.1. The summed E-state index contributed by atoms with van der Waals surface area (Å²) in [6.45, 7) is 5.36. The number of piperidine rings is 1. The van der Waals surface area contributed by atoms with Gasteiger partial charge in [-0.2, -0.15) is 13.2 Å². The molecule has 1 aliphatic rings. The van der Waals surface area contributed by atoms with Crippen LogP contribution < -0.4 is 15.4 Å². The Morgan fingerprint density at radius 3 is 2.43 bits per heavy atom. The highest BCUT2D eigenvalue weighted by Gasteiger charge is 2.34. The molecule has 1 fully saturated rings. The minimum absolute atomic E-state index is 0. The van der Waals surface area contributed by atoms with E-state index in [4.69, 9.17) is 4.74 Å². The summed E-state index contributed by atoms with van der Waals surface area (Å²) in [5.74, 6) is -1.04. The first kappa shape index (κ1) is 26.8. The molecule has 0 saturated carbocycles. The van der Waals surface area contributed by atoms with Gasteiger partial charge in [0.05, 0.1) is 6.04 Å². The number of carbonyl (C=O) groups excluding carboxylic acids is 1. The van der Waals surface area contributed by atoms with Gasteiger partial charge >= 0.3 is 6.18 Å². The molecular weight excluding hydrogens is 503 g/mol. The van der Waals surface area contributed by atoms with Gasteiger partial charge in [-0.1, -0.05) is 0 Å². The third-order valence-electron chi connectivity index (χ3n) is 5.40. The molecule has 188 valence electrons. The summed E-state index contributed by atoms with van der Waals surface area (Å²) in [5, 5.41) is 6.87. The van der Waals surface area contributed by atoms with E-state index >= 15 is 0 Å². The van der Waals surface area contributed by atoms with E-state index in [9.17, 15) is 18.0 Å². The number of aromatic nitrogens is 3. The van der Waals surface area contributed by atoms with Crippen LogP contribution >= 0.6 is 23.7 Å². The summed E-state index contributed by atoms with van der Waals surface area (Å²) in [5.41, 5.74) is 1.49. The second-order valence-electron chi connectivity index (χ2n) is 8.12. The van der Waals surface area contributed by atoms with E-state index in [1.165, 1.54) is 11.3 Å². The number of halogens is 4. The van der Waals surface area contributed by atoms with E-state index in [-0.39, 0.29) is 18.5 Å². The van der Waals surface area contributed by atoms with E-state index < -0.39 is 23.9 Å². The summed E-state index contributed by atoms with van der Waals surface area (Å²) in [6.07, 6.45) is 1.08. The first-order valence-electron chi connectivity index (χ1n) is 10.8. The van der Waals surface area contributed by atoms with Gasteiger partial charge in [0.1, 0.15) is 16.9 Å². The van der Waals surface area contributed by atoms with Crippen LogP contribution in [0.4, 0.5) is 13.2 Å². The van der Waals surface area contributed by atoms with Crippen molar-refractivity contribution in [3.05, 3.63) is 58.6 Å². The Balaban J connectivity index is 0.00000342. The lowest BCUT2D eigenvalue weighted by molar-refractivity contribution is -0.145. The maximum Gasteiger partial charge on any atom is 0.451 e. The van der Waals surface area contributed by atoms with Gasteiger partial charge in [0.25, 0.3) is 5.91 Å². The Morgan fingerprint density at radius 2 is 1.83 bits per heavy atom. The predicted octanol–water partition coefficient (Wildman–Crippen LogP) is 4.97. The molecule has 2 aromatic heterocycles. The fraction of sp³-hybridized carbons (Fsp3) is 0.391. The normalized spacial score (nSPS) is 15.2. The first-order valence-corrected chi connectivity index (χ1v) is 11.7. The topological polar surface area (TPSA) is 89.0 Å². The van der Waals surface area contributed by atoms with Crippen LogP contribution in [0.3, 0.4) is 0 Å². The van der Waals surface area contributed by atoms with Crippen molar-refractivity contribution in [2.75, 3.05) is 13.1 Å². The molecule has 35 heavy (non-hydrogen) atoms. The minimum Gasteiger partial charge on any atom is -0.490 e. The number of rotatable bonds is 6. The van der Waals surface area contributed by atoms with Crippen LogP contribution in [0.25, 0.3) is 10.6 Å². The van der Waals surface area contributed by atoms with E-state index in [1.54, 1.807) is 25.3 Å². The average molecular weight is 528 g/mol. The van der Waals surface area contributed by atoms with Crippen molar-refractivity contribution in [1.29, 1.82) is 0 Å². The number of hydrogen-bond acceptors (Lipinski definition) is 7. The SMILES string of the molecule is Cc1cnc(-c2cc(OC3CCNCC3)cc(C(=O)NC(C)c3cnc(C(F)(F)F)nc3)c2)s1.Cl. The van der Waals surface area contributed by atoms with Gasteiger partial charge < -0.3 is 15.4 Å². The summed E-state index contributed by atoms with van der Waals surface area (Å²) in [4.78, 5) is 25.3. The third kappa shape index (κ3) is 6.89. The summed E-state index contributed by atoms with van der Waals surface area (Å²) in [6, 6.07) is 4.69.